The molecule has 8 nitrogen and oxygen atoms in total. The van der Waals surface area contributed by atoms with Crippen molar-refractivity contribution in [3.63, 3.8) is 0 Å². The minimum Gasteiger partial charge on any atom is -0.396 e. The van der Waals surface area contributed by atoms with Gasteiger partial charge in [0.1, 0.15) is 11.6 Å². The number of hydrogen-bond acceptors (Lipinski definition) is 5. The molecule has 3 amide bonds. The molecular formula is C30H45N3O5. The minimum atomic E-state index is -0.970. The number of rotatable bonds is 15. The van der Waals surface area contributed by atoms with Crippen LogP contribution in [0.4, 0.5) is 0 Å². The molecule has 8 heteroatoms. The average molecular weight is 528 g/mol. The molecule has 2 unspecified atom stereocenters. The van der Waals surface area contributed by atoms with E-state index in [4.69, 9.17) is 9.84 Å². The number of ether oxygens (including phenoxy) is 1. The van der Waals surface area contributed by atoms with Crippen molar-refractivity contribution >= 4 is 17.7 Å². The molecule has 4 rings (SSSR count). The van der Waals surface area contributed by atoms with Crippen molar-refractivity contribution in [2.75, 3.05) is 19.7 Å². The van der Waals surface area contributed by atoms with Gasteiger partial charge in [-0.15, -0.1) is 0 Å². The van der Waals surface area contributed by atoms with Crippen LogP contribution in [0.15, 0.2) is 30.3 Å². The molecule has 0 radical (unpaired) electrons. The number of nitrogens with zero attached hydrogens (tertiary/aromatic N) is 1. The summed E-state index contributed by atoms with van der Waals surface area (Å²) < 4.78 is 6.80. The van der Waals surface area contributed by atoms with Gasteiger partial charge in [0.2, 0.25) is 17.7 Å². The maximum Gasteiger partial charge on any atom is 0.245 e. The summed E-state index contributed by atoms with van der Waals surface area (Å²) in [6, 6.07) is 9.02. The fraction of sp³-hybridized carbons (Fsp3) is 0.700. The Morgan fingerprint density at radius 2 is 1.76 bits per heavy atom. The van der Waals surface area contributed by atoms with Gasteiger partial charge in [-0.05, 0) is 44.1 Å². The monoisotopic (exact) mass is 527 g/mol. The number of unbranched alkanes of at least 4 members (excludes halogenated alkanes) is 5. The number of amides is 3. The molecule has 38 heavy (non-hydrogen) atoms. The quantitative estimate of drug-likeness (QED) is 0.303. The van der Waals surface area contributed by atoms with Gasteiger partial charge in [-0.1, -0.05) is 69.9 Å². The van der Waals surface area contributed by atoms with Crippen molar-refractivity contribution in [1.29, 1.82) is 0 Å². The maximum absolute atomic E-state index is 14.1. The molecule has 3 heterocycles. The highest BCUT2D eigenvalue weighted by atomic mass is 16.5. The van der Waals surface area contributed by atoms with Gasteiger partial charge in [0, 0.05) is 26.2 Å². The van der Waals surface area contributed by atoms with Crippen LogP contribution in [0.2, 0.25) is 0 Å². The average Bonchev–Trinajstić information content (AvgIpc) is 3.54. The first kappa shape index (κ1) is 28.6. The minimum absolute atomic E-state index is 0.129. The summed E-state index contributed by atoms with van der Waals surface area (Å²) >= 11 is 0. The third-order valence-electron chi connectivity index (χ3n) is 8.91. The van der Waals surface area contributed by atoms with Crippen molar-refractivity contribution in [3.8, 4) is 0 Å². The molecule has 210 valence electrons. The van der Waals surface area contributed by atoms with E-state index in [2.05, 4.69) is 17.6 Å². The first-order valence-electron chi connectivity index (χ1n) is 14.6. The van der Waals surface area contributed by atoms with Crippen LogP contribution in [0.5, 0.6) is 0 Å². The lowest BCUT2D eigenvalue weighted by Crippen LogP contribution is -2.55. The van der Waals surface area contributed by atoms with Crippen LogP contribution in [0.3, 0.4) is 0 Å². The van der Waals surface area contributed by atoms with Crippen LogP contribution in [0.1, 0.15) is 83.6 Å². The normalized spacial score (nSPS) is 29.5. The number of nitrogens with one attached hydrogen (secondary N) is 2. The highest BCUT2D eigenvalue weighted by molar-refractivity contribution is 5.99. The Morgan fingerprint density at radius 1 is 1.00 bits per heavy atom. The predicted molar refractivity (Wildman–Crippen MR) is 145 cm³/mol. The third kappa shape index (κ3) is 5.34. The number of hydrogen-bond donors (Lipinski definition) is 3. The van der Waals surface area contributed by atoms with Gasteiger partial charge in [-0.2, -0.15) is 0 Å². The van der Waals surface area contributed by atoms with E-state index in [1.807, 2.05) is 37.3 Å². The Balaban J connectivity index is 1.58. The second kappa shape index (κ2) is 12.6. The Labute approximate surface area is 226 Å². The second-order valence-electron chi connectivity index (χ2n) is 11.2. The summed E-state index contributed by atoms with van der Waals surface area (Å²) in [5.74, 6) is -1.73. The standard InChI is InChI=1S/C30H45N3O5/c1-3-5-11-18-31-27(36)25-30-17-16-29(4-2,38-30)23(26(35)32-21-22-14-9-8-10-15-22)24(30)28(37)33(25)19-12-6-7-13-20-34/h8-10,14-15,23-25,34H,3-7,11-13,16-21H2,1-2H3,(H,31,36)(H,32,35)/t23-,24-,25?,29+,30?/m0/s1. The number of likely N-dealkylation sites (tertiary alicyclic amines) is 1. The van der Waals surface area contributed by atoms with E-state index in [9.17, 15) is 14.4 Å². The van der Waals surface area contributed by atoms with Gasteiger partial charge in [-0.25, -0.2) is 0 Å². The summed E-state index contributed by atoms with van der Waals surface area (Å²) in [5, 5.41) is 15.3. The van der Waals surface area contributed by atoms with Crippen molar-refractivity contribution < 1.29 is 24.2 Å². The molecule has 3 fully saturated rings. The molecule has 0 aliphatic carbocycles. The number of fused-ring (bicyclic) bond motifs is 1. The Kier molecular flexibility index (Phi) is 9.47. The van der Waals surface area contributed by atoms with Crippen LogP contribution >= 0.6 is 0 Å². The Bertz CT molecular complexity index is 972. The van der Waals surface area contributed by atoms with Crippen LogP contribution in [0, 0.1) is 11.8 Å². The van der Waals surface area contributed by atoms with E-state index in [0.717, 1.165) is 50.5 Å². The summed E-state index contributed by atoms with van der Waals surface area (Å²) in [6.07, 6.45) is 8.10. The van der Waals surface area contributed by atoms with Crippen molar-refractivity contribution in [3.05, 3.63) is 35.9 Å². The van der Waals surface area contributed by atoms with Crippen LogP contribution in [0.25, 0.3) is 0 Å². The van der Waals surface area contributed by atoms with Crippen LogP contribution in [-0.4, -0.2) is 64.7 Å². The van der Waals surface area contributed by atoms with Gasteiger partial charge in [-0.3, -0.25) is 14.4 Å². The fourth-order valence-corrected chi connectivity index (χ4v) is 6.98. The molecule has 0 saturated carbocycles. The number of aliphatic hydroxyl groups excluding tert-OH is 1. The predicted octanol–water partition coefficient (Wildman–Crippen LogP) is 3.32. The molecule has 3 aliphatic rings. The number of aliphatic hydroxyl groups is 1. The molecule has 5 atom stereocenters. The van der Waals surface area contributed by atoms with E-state index in [0.29, 0.717) is 38.9 Å². The lowest BCUT2D eigenvalue weighted by molar-refractivity contribution is -0.147. The fourth-order valence-electron chi connectivity index (χ4n) is 6.98. The molecule has 1 aromatic rings. The zero-order valence-corrected chi connectivity index (χ0v) is 23.0. The molecular weight excluding hydrogens is 482 g/mol. The molecule has 3 N–H and O–H groups in total. The van der Waals surface area contributed by atoms with E-state index >= 15 is 0 Å². The maximum atomic E-state index is 14.1. The third-order valence-corrected chi connectivity index (χ3v) is 8.91. The molecule has 3 aliphatic heterocycles. The summed E-state index contributed by atoms with van der Waals surface area (Å²) in [5.41, 5.74) is -0.701. The molecule has 0 aromatic heterocycles. The Morgan fingerprint density at radius 3 is 2.47 bits per heavy atom. The van der Waals surface area contributed by atoms with Gasteiger partial charge >= 0.3 is 0 Å². The highest BCUT2D eigenvalue weighted by Gasteiger charge is 2.78. The summed E-state index contributed by atoms with van der Waals surface area (Å²) in [6.45, 7) is 5.71. The van der Waals surface area contributed by atoms with E-state index in [1.165, 1.54) is 0 Å². The summed E-state index contributed by atoms with van der Waals surface area (Å²) in [7, 11) is 0. The van der Waals surface area contributed by atoms with Crippen molar-refractivity contribution in [2.45, 2.75) is 102 Å². The van der Waals surface area contributed by atoms with Gasteiger partial charge in [0.05, 0.1) is 17.4 Å². The summed E-state index contributed by atoms with van der Waals surface area (Å²) in [4.78, 5) is 43.2. The van der Waals surface area contributed by atoms with Crippen molar-refractivity contribution in [2.24, 2.45) is 11.8 Å². The zero-order valence-electron chi connectivity index (χ0n) is 23.0. The molecule has 1 spiro atoms. The first-order chi connectivity index (χ1) is 18.4. The van der Waals surface area contributed by atoms with Crippen LogP contribution in [-0.2, 0) is 25.7 Å². The van der Waals surface area contributed by atoms with Gasteiger partial charge < -0.3 is 25.4 Å². The van der Waals surface area contributed by atoms with Gasteiger partial charge in [0.25, 0.3) is 0 Å². The number of carbonyl (C=O) groups is 3. The largest absolute Gasteiger partial charge is 0.396 e. The number of benzene rings is 1. The van der Waals surface area contributed by atoms with E-state index in [1.54, 1.807) is 4.90 Å². The van der Waals surface area contributed by atoms with E-state index in [-0.39, 0.29) is 24.3 Å². The zero-order chi connectivity index (χ0) is 27.2. The Hall–Kier alpha value is -2.45. The lowest BCUT2D eigenvalue weighted by atomic mass is 9.65. The SMILES string of the molecule is CCCCCNC(=O)C1N(CCCCCCO)C(=O)[C@@H]2[C@@H](C(=O)NCc3ccccc3)[C@@]3(CC)CCC12O3. The van der Waals surface area contributed by atoms with E-state index < -0.39 is 29.1 Å². The first-order valence-corrected chi connectivity index (χ1v) is 14.6. The van der Waals surface area contributed by atoms with Crippen LogP contribution < -0.4 is 10.6 Å². The number of carbonyl (C=O) groups excluding carboxylic acids is 3. The topological polar surface area (TPSA) is 108 Å². The smallest absolute Gasteiger partial charge is 0.245 e. The van der Waals surface area contributed by atoms with Gasteiger partial charge in [0.15, 0.2) is 0 Å². The highest BCUT2D eigenvalue weighted by Crippen LogP contribution is 2.64. The molecule has 2 bridgehead atoms. The molecule has 1 aromatic carbocycles. The van der Waals surface area contributed by atoms with Crippen molar-refractivity contribution in [1.82, 2.24) is 15.5 Å². The lowest BCUT2D eigenvalue weighted by Gasteiger charge is -2.34. The second-order valence-corrected chi connectivity index (χ2v) is 11.2. The molecule has 3 saturated heterocycles.